The Morgan fingerprint density at radius 1 is 0.971 bits per heavy atom. The molecule has 2 heterocycles. The zero-order valence-electron chi connectivity index (χ0n) is 19.0. The largest absolute Gasteiger partial charge is 0.268 e. The number of benzene rings is 3. The maximum absolute atomic E-state index is 13.9. The van der Waals surface area contributed by atoms with Crippen molar-refractivity contribution in [2.24, 2.45) is 5.92 Å². The summed E-state index contributed by atoms with van der Waals surface area (Å²) in [5, 5.41) is 0. The molecule has 3 aromatic carbocycles. The van der Waals surface area contributed by atoms with E-state index >= 15 is 0 Å². The summed E-state index contributed by atoms with van der Waals surface area (Å²) < 4.78 is 1.90. The minimum absolute atomic E-state index is 0.0294. The van der Waals surface area contributed by atoms with Gasteiger partial charge in [-0.15, -0.1) is 0 Å². The molecule has 1 aromatic heterocycles. The van der Waals surface area contributed by atoms with Crippen LogP contribution in [-0.2, 0) is 0 Å². The summed E-state index contributed by atoms with van der Waals surface area (Å²) in [6.07, 6.45) is 13.0. The number of aromatic nitrogens is 2. The molecule has 0 radical (unpaired) electrons. The molecule has 0 saturated carbocycles. The zero-order valence-corrected chi connectivity index (χ0v) is 19.0. The molecule has 4 aromatic rings. The summed E-state index contributed by atoms with van der Waals surface area (Å²) in [4.78, 5) is 19.2. The second-order valence-corrected chi connectivity index (χ2v) is 9.53. The minimum Gasteiger partial charge on any atom is -0.268 e. The van der Waals surface area contributed by atoms with E-state index in [4.69, 9.17) is 4.98 Å². The van der Waals surface area contributed by atoms with Crippen molar-refractivity contribution >= 4 is 28.6 Å². The molecule has 3 nitrogen and oxygen atoms in total. The molecule has 0 saturated heterocycles. The van der Waals surface area contributed by atoms with Crippen LogP contribution in [0.15, 0.2) is 85.0 Å². The molecule has 164 valence electrons. The maximum atomic E-state index is 13.9. The molecular formula is C31H24N2O. The Bertz CT molecular complexity index is 1580. The Balaban J connectivity index is 1.56. The fourth-order valence-corrected chi connectivity index (χ4v) is 5.86. The van der Waals surface area contributed by atoms with Gasteiger partial charge in [-0.25, -0.2) is 4.98 Å². The van der Waals surface area contributed by atoms with E-state index in [1.165, 1.54) is 11.1 Å². The molecular weight excluding hydrogens is 416 g/mol. The van der Waals surface area contributed by atoms with Gasteiger partial charge in [-0.3, -0.25) is 9.36 Å². The molecule has 2 atom stereocenters. The Morgan fingerprint density at radius 2 is 1.85 bits per heavy atom. The van der Waals surface area contributed by atoms with Crippen LogP contribution in [0.5, 0.6) is 0 Å². The number of fused-ring (bicyclic) bond motifs is 4. The highest BCUT2D eigenvalue weighted by atomic mass is 16.2. The quantitative estimate of drug-likeness (QED) is 0.329. The van der Waals surface area contributed by atoms with Gasteiger partial charge in [-0.2, -0.15) is 0 Å². The van der Waals surface area contributed by atoms with Crippen LogP contribution in [0.3, 0.4) is 0 Å². The highest BCUT2D eigenvalue weighted by Gasteiger charge is 2.39. The summed E-state index contributed by atoms with van der Waals surface area (Å²) in [6.45, 7) is 2.23. The Morgan fingerprint density at radius 3 is 2.68 bits per heavy atom. The summed E-state index contributed by atoms with van der Waals surface area (Å²) in [5.74, 6) is 1.23. The van der Waals surface area contributed by atoms with E-state index in [0.29, 0.717) is 0 Å². The zero-order chi connectivity index (χ0) is 22.8. The van der Waals surface area contributed by atoms with E-state index in [1.54, 1.807) is 0 Å². The number of carbonyl (C=O) groups is 1. The van der Waals surface area contributed by atoms with Gasteiger partial charge >= 0.3 is 0 Å². The lowest BCUT2D eigenvalue weighted by atomic mass is 9.75. The van der Waals surface area contributed by atoms with Crippen LogP contribution in [-0.4, -0.2) is 15.5 Å². The number of nitrogens with zero attached hydrogens (tertiary/aromatic N) is 2. The first-order valence-corrected chi connectivity index (χ1v) is 12.0. The second-order valence-electron chi connectivity index (χ2n) is 9.53. The first-order valence-electron chi connectivity index (χ1n) is 12.0. The monoisotopic (exact) mass is 440 g/mol. The van der Waals surface area contributed by atoms with Crippen LogP contribution in [0.2, 0.25) is 0 Å². The summed E-state index contributed by atoms with van der Waals surface area (Å²) in [6, 6.07) is 20.9. The van der Waals surface area contributed by atoms with Gasteiger partial charge in [0, 0.05) is 11.1 Å². The molecule has 3 aliphatic rings. The highest BCUT2D eigenvalue weighted by Crippen LogP contribution is 2.46. The number of imidazole rings is 1. The molecule has 0 fully saturated rings. The molecule has 0 spiro atoms. The number of carbonyl (C=O) groups excluding carboxylic acids is 1. The first-order chi connectivity index (χ1) is 16.7. The Hall–Kier alpha value is -3.98. The molecule has 3 heteroatoms. The van der Waals surface area contributed by atoms with Crippen molar-refractivity contribution in [1.82, 2.24) is 9.55 Å². The van der Waals surface area contributed by atoms with Gasteiger partial charge in [0.05, 0.1) is 17.0 Å². The van der Waals surface area contributed by atoms with Crippen molar-refractivity contribution in [2.75, 3.05) is 0 Å². The summed E-state index contributed by atoms with van der Waals surface area (Å²) >= 11 is 0. The van der Waals surface area contributed by atoms with Crippen LogP contribution in [0.1, 0.15) is 58.6 Å². The van der Waals surface area contributed by atoms with E-state index in [-0.39, 0.29) is 17.7 Å². The highest BCUT2D eigenvalue weighted by molar-refractivity contribution is 6.08. The predicted molar refractivity (Wildman–Crippen MR) is 138 cm³/mol. The van der Waals surface area contributed by atoms with E-state index in [9.17, 15) is 4.79 Å². The lowest BCUT2D eigenvalue weighted by molar-refractivity contribution is 0.0951. The van der Waals surface area contributed by atoms with E-state index in [2.05, 4.69) is 79.8 Å². The summed E-state index contributed by atoms with van der Waals surface area (Å²) in [5.41, 5.74) is 9.56. The minimum atomic E-state index is 0.0294. The fourth-order valence-electron chi connectivity index (χ4n) is 5.86. The van der Waals surface area contributed by atoms with Gasteiger partial charge in [-0.05, 0) is 64.8 Å². The molecule has 0 N–H and O–H groups in total. The molecule has 2 unspecified atom stereocenters. The third-order valence-corrected chi connectivity index (χ3v) is 7.52. The van der Waals surface area contributed by atoms with E-state index < -0.39 is 0 Å². The predicted octanol–water partition coefficient (Wildman–Crippen LogP) is 7.23. The Labute approximate surface area is 198 Å². The SMILES string of the molecule is CC1C=Cc2cccc3c2C1c1nc2c(-c4ccccc4)cc(C4=CC=CCC4)cc2n1C3=O. The lowest BCUT2D eigenvalue weighted by Crippen LogP contribution is -2.30. The summed E-state index contributed by atoms with van der Waals surface area (Å²) in [7, 11) is 0. The van der Waals surface area contributed by atoms with Crippen LogP contribution in [0, 0.1) is 5.92 Å². The van der Waals surface area contributed by atoms with Crippen LogP contribution >= 0.6 is 0 Å². The standard InChI is InChI=1S/C31H24N2O/c1-19-15-16-22-13-8-14-24-28(22)27(19)30-32-29-25(21-11-6-3-7-12-21)17-23(20-9-4-2-5-10-20)18-26(29)33(30)31(24)34/h2-4,6-9,11-19,27H,5,10H2,1H3. The molecule has 0 bridgehead atoms. The van der Waals surface area contributed by atoms with Crippen molar-refractivity contribution in [3.8, 4) is 11.1 Å². The number of allylic oxidation sites excluding steroid dienone is 5. The van der Waals surface area contributed by atoms with E-state index in [0.717, 1.165) is 57.5 Å². The molecule has 1 aliphatic heterocycles. The third kappa shape index (κ3) is 2.70. The Kier molecular flexibility index (Phi) is 4.16. The van der Waals surface area contributed by atoms with Gasteiger partial charge in [0.25, 0.3) is 5.91 Å². The van der Waals surface area contributed by atoms with Gasteiger partial charge in [0.1, 0.15) is 5.82 Å². The van der Waals surface area contributed by atoms with Crippen molar-refractivity contribution in [1.29, 1.82) is 0 Å². The maximum Gasteiger partial charge on any atom is 0.264 e. The van der Waals surface area contributed by atoms with Crippen LogP contribution < -0.4 is 0 Å². The van der Waals surface area contributed by atoms with Gasteiger partial charge in [0.15, 0.2) is 0 Å². The van der Waals surface area contributed by atoms with Crippen molar-refractivity contribution < 1.29 is 4.79 Å². The average Bonchev–Trinajstić information content (AvgIpc) is 3.28. The topological polar surface area (TPSA) is 34.9 Å². The van der Waals surface area contributed by atoms with Crippen molar-refractivity contribution in [2.45, 2.75) is 25.7 Å². The first kappa shape index (κ1) is 19.5. The van der Waals surface area contributed by atoms with Crippen molar-refractivity contribution in [3.05, 3.63) is 113 Å². The van der Waals surface area contributed by atoms with E-state index in [1.807, 2.05) is 22.8 Å². The van der Waals surface area contributed by atoms with Crippen molar-refractivity contribution in [3.63, 3.8) is 0 Å². The third-order valence-electron chi connectivity index (χ3n) is 7.52. The molecule has 2 aliphatic carbocycles. The normalized spacial score (nSPS) is 20.3. The molecule has 7 rings (SSSR count). The number of hydrogen-bond donors (Lipinski definition) is 0. The molecule has 34 heavy (non-hydrogen) atoms. The second kappa shape index (κ2) is 7.26. The number of hydrogen-bond acceptors (Lipinski definition) is 2. The van der Waals surface area contributed by atoms with Crippen LogP contribution in [0.25, 0.3) is 33.8 Å². The van der Waals surface area contributed by atoms with Gasteiger partial charge in [0.2, 0.25) is 0 Å². The van der Waals surface area contributed by atoms with Gasteiger partial charge in [-0.1, -0.05) is 79.8 Å². The van der Waals surface area contributed by atoms with Crippen LogP contribution in [0.4, 0.5) is 0 Å². The number of rotatable bonds is 2. The van der Waals surface area contributed by atoms with Gasteiger partial charge < -0.3 is 0 Å². The lowest BCUT2D eigenvalue weighted by Gasteiger charge is -2.32. The average molecular weight is 441 g/mol. The fraction of sp³-hybridized carbons (Fsp3) is 0.161. The smallest absolute Gasteiger partial charge is 0.264 e. The molecule has 0 amide bonds.